The second kappa shape index (κ2) is 18.5. The number of hydrogen-bond donors (Lipinski definition) is 0. The van der Waals surface area contributed by atoms with Gasteiger partial charge in [-0.15, -0.1) is 0 Å². The smallest absolute Gasteiger partial charge is 0.306 e. The minimum absolute atomic E-state index is 0.00314. The summed E-state index contributed by atoms with van der Waals surface area (Å²) in [6.45, 7) is 10.9. The monoisotopic (exact) mass is 396 g/mol. The van der Waals surface area contributed by atoms with Crippen LogP contribution < -0.4 is 0 Å². The number of unbranched alkanes of at least 4 members (excludes halogenated alkanes) is 12. The molecule has 2 nitrogen and oxygen atoms in total. The zero-order valence-electron chi connectivity index (χ0n) is 20.1. The van der Waals surface area contributed by atoms with Crippen LogP contribution in [0.15, 0.2) is 0 Å². The largest absolute Gasteiger partial charge is 0.460 e. The zero-order valence-corrected chi connectivity index (χ0v) is 20.1. The standard InChI is InChI=1S/C26H52O2/c1-6-8-9-10-11-12-13-14-15-16-17-18-19-22-25(27)28-26(4,5)23-20-21-24(3)7-2/h24H,6-23H2,1-5H3. The highest BCUT2D eigenvalue weighted by Gasteiger charge is 2.22. The second-order valence-electron chi connectivity index (χ2n) is 9.63. The Bertz CT molecular complexity index is 348. The van der Waals surface area contributed by atoms with Crippen molar-refractivity contribution in [2.75, 3.05) is 0 Å². The van der Waals surface area contributed by atoms with Crippen LogP contribution >= 0.6 is 0 Å². The first-order chi connectivity index (χ1) is 13.4. The molecule has 0 saturated heterocycles. The Morgan fingerprint density at radius 1 is 0.750 bits per heavy atom. The van der Waals surface area contributed by atoms with E-state index in [9.17, 15) is 4.79 Å². The van der Waals surface area contributed by atoms with Gasteiger partial charge in [-0.1, -0.05) is 111 Å². The molecule has 0 heterocycles. The van der Waals surface area contributed by atoms with Crippen molar-refractivity contribution in [1.82, 2.24) is 0 Å². The molecule has 0 aliphatic carbocycles. The molecule has 0 radical (unpaired) electrons. The van der Waals surface area contributed by atoms with Gasteiger partial charge >= 0.3 is 5.97 Å². The molecular weight excluding hydrogens is 344 g/mol. The van der Waals surface area contributed by atoms with E-state index in [1.165, 1.54) is 89.9 Å². The van der Waals surface area contributed by atoms with E-state index in [4.69, 9.17) is 4.74 Å². The van der Waals surface area contributed by atoms with Gasteiger partial charge in [0, 0.05) is 6.42 Å². The van der Waals surface area contributed by atoms with Crippen LogP contribution in [0.1, 0.15) is 150 Å². The quantitative estimate of drug-likeness (QED) is 0.151. The van der Waals surface area contributed by atoms with Crippen LogP contribution in [0.25, 0.3) is 0 Å². The molecule has 0 rings (SSSR count). The second-order valence-corrected chi connectivity index (χ2v) is 9.63. The normalized spacial score (nSPS) is 12.9. The molecular formula is C26H52O2. The van der Waals surface area contributed by atoms with E-state index in [0.717, 1.165) is 25.2 Å². The molecule has 0 aliphatic rings. The zero-order chi connectivity index (χ0) is 21.1. The van der Waals surface area contributed by atoms with E-state index in [1.54, 1.807) is 0 Å². The average Bonchev–Trinajstić information content (AvgIpc) is 2.64. The fraction of sp³-hybridized carbons (Fsp3) is 0.962. The van der Waals surface area contributed by atoms with E-state index in [0.29, 0.717) is 6.42 Å². The summed E-state index contributed by atoms with van der Waals surface area (Å²) in [6.07, 6.45) is 22.5. The molecule has 0 saturated carbocycles. The summed E-state index contributed by atoms with van der Waals surface area (Å²) < 4.78 is 5.72. The summed E-state index contributed by atoms with van der Waals surface area (Å²) in [7, 11) is 0. The van der Waals surface area contributed by atoms with Gasteiger partial charge in [0.1, 0.15) is 5.60 Å². The minimum Gasteiger partial charge on any atom is -0.460 e. The van der Waals surface area contributed by atoms with Crippen LogP contribution in [0.4, 0.5) is 0 Å². The van der Waals surface area contributed by atoms with Gasteiger partial charge in [-0.2, -0.15) is 0 Å². The lowest BCUT2D eigenvalue weighted by atomic mass is 9.95. The van der Waals surface area contributed by atoms with Crippen molar-refractivity contribution in [1.29, 1.82) is 0 Å². The van der Waals surface area contributed by atoms with Gasteiger partial charge in [-0.3, -0.25) is 4.79 Å². The van der Waals surface area contributed by atoms with Crippen molar-refractivity contribution in [2.24, 2.45) is 5.92 Å². The number of ether oxygens (including phenoxy) is 1. The third kappa shape index (κ3) is 18.8. The van der Waals surface area contributed by atoms with Crippen molar-refractivity contribution >= 4 is 5.97 Å². The molecule has 2 heteroatoms. The maximum absolute atomic E-state index is 12.1. The predicted molar refractivity (Wildman–Crippen MR) is 124 cm³/mol. The highest BCUT2D eigenvalue weighted by molar-refractivity contribution is 5.69. The van der Waals surface area contributed by atoms with Crippen LogP contribution in [0.5, 0.6) is 0 Å². The average molecular weight is 397 g/mol. The Morgan fingerprint density at radius 3 is 1.68 bits per heavy atom. The Labute approximate surface area is 177 Å². The van der Waals surface area contributed by atoms with Gasteiger partial charge in [-0.05, 0) is 39.0 Å². The number of carbonyl (C=O) groups is 1. The molecule has 0 bridgehead atoms. The lowest BCUT2D eigenvalue weighted by Crippen LogP contribution is -2.28. The SMILES string of the molecule is CCCCCCCCCCCCCCCC(=O)OC(C)(C)CCCC(C)CC. The number of esters is 1. The Hall–Kier alpha value is -0.530. The van der Waals surface area contributed by atoms with Gasteiger partial charge in [0.05, 0.1) is 0 Å². The molecule has 0 aromatic rings. The highest BCUT2D eigenvalue weighted by Crippen LogP contribution is 2.22. The van der Waals surface area contributed by atoms with Crippen molar-refractivity contribution in [3.8, 4) is 0 Å². The summed E-state index contributed by atoms with van der Waals surface area (Å²) in [5.41, 5.74) is -0.304. The number of rotatable bonds is 20. The van der Waals surface area contributed by atoms with Gasteiger partial charge in [-0.25, -0.2) is 0 Å². The summed E-state index contributed by atoms with van der Waals surface area (Å²) in [5, 5.41) is 0. The van der Waals surface area contributed by atoms with Crippen LogP contribution in [-0.4, -0.2) is 11.6 Å². The highest BCUT2D eigenvalue weighted by atomic mass is 16.6. The topological polar surface area (TPSA) is 26.3 Å². The van der Waals surface area contributed by atoms with Crippen molar-refractivity contribution < 1.29 is 9.53 Å². The van der Waals surface area contributed by atoms with Crippen LogP contribution in [0, 0.1) is 5.92 Å². The summed E-state index contributed by atoms with van der Waals surface area (Å²) in [5.74, 6) is 0.772. The molecule has 0 N–H and O–H groups in total. The first kappa shape index (κ1) is 27.5. The molecule has 0 aromatic heterocycles. The Morgan fingerprint density at radius 2 is 1.21 bits per heavy atom. The molecule has 168 valence electrons. The maximum atomic E-state index is 12.1. The van der Waals surface area contributed by atoms with Gasteiger partial charge < -0.3 is 4.74 Å². The number of hydrogen-bond acceptors (Lipinski definition) is 2. The van der Waals surface area contributed by atoms with E-state index < -0.39 is 0 Å². The third-order valence-electron chi connectivity index (χ3n) is 6.05. The minimum atomic E-state index is -0.304. The maximum Gasteiger partial charge on any atom is 0.306 e. The van der Waals surface area contributed by atoms with Crippen LogP contribution in [0.3, 0.4) is 0 Å². The molecule has 1 atom stereocenters. The predicted octanol–water partition coefficient (Wildman–Crippen LogP) is 9.01. The fourth-order valence-electron chi connectivity index (χ4n) is 3.78. The van der Waals surface area contributed by atoms with Gasteiger partial charge in [0.25, 0.3) is 0 Å². The number of carbonyl (C=O) groups excluding carboxylic acids is 1. The van der Waals surface area contributed by atoms with Gasteiger partial charge in [0.2, 0.25) is 0 Å². The van der Waals surface area contributed by atoms with Crippen molar-refractivity contribution in [3.05, 3.63) is 0 Å². The Balaban J connectivity index is 3.47. The molecule has 0 spiro atoms. The third-order valence-corrected chi connectivity index (χ3v) is 6.05. The molecule has 1 unspecified atom stereocenters. The Kier molecular flexibility index (Phi) is 18.1. The molecule has 28 heavy (non-hydrogen) atoms. The fourth-order valence-corrected chi connectivity index (χ4v) is 3.78. The van der Waals surface area contributed by atoms with Crippen LogP contribution in [-0.2, 0) is 9.53 Å². The van der Waals surface area contributed by atoms with E-state index >= 15 is 0 Å². The molecule has 0 fully saturated rings. The molecule has 0 amide bonds. The summed E-state index contributed by atoms with van der Waals surface area (Å²) in [6, 6.07) is 0. The lowest BCUT2D eigenvalue weighted by molar-refractivity contribution is -0.157. The van der Waals surface area contributed by atoms with E-state index in [-0.39, 0.29) is 11.6 Å². The molecule has 0 aliphatic heterocycles. The first-order valence-corrected chi connectivity index (χ1v) is 12.6. The summed E-state index contributed by atoms with van der Waals surface area (Å²) >= 11 is 0. The molecule has 0 aromatic carbocycles. The van der Waals surface area contributed by atoms with Crippen molar-refractivity contribution in [2.45, 2.75) is 156 Å². The lowest BCUT2D eigenvalue weighted by Gasteiger charge is -2.25. The summed E-state index contributed by atoms with van der Waals surface area (Å²) in [4.78, 5) is 12.1. The van der Waals surface area contributed by atoms with E-state index in [2.05, 4.69) is 34.6 Å². The van der Waals surface area contributed by atoms with Crippen LogP contribution in [0.2, 0.25) is 0 Å². The van der Waals surface area contributed by atoms with Gasteiger partial charge in [0.15, 0.2) is 0 Å². The first-order valence-electron chi connectivity index (χ1n) is 12.6. The van der Waals surface area contributed by atoms with Crippen molar-refractivity contribution in [3.63, 3.8) is 0 Å². The van der Waals surface area contributed by atoms with E-state index in [1.807, 2.05) is 0 Å².